The van der Waals surface area contributed by atoms with E-state index in [1.54, 1.807) is 11.1 Å². The predicted molar refractivity (Wildman–Crippen MR) is 106 cm³/mol. The van der Waals surface area contributed by atoms with Crippen molar-refractivity contribution in [1.29, 1.82) is 0 Å². The molecule has 0 N–H and O–H groups in total. The van der Waals surface area contributed by atoms with Crippen LogP contribution in [-0.2, 0) is 18.4 Å². The van der Waals surface area contributed by atoms with Crippen LogP contribution in [0.5, 0.6) is 5.75 Å². The van der Waals surface area contributed by atoms with E-state index < -0.39 is 0 Å². The predicted octanol–water partition coefficient (Wildman–Crippen LogP) is 4.95. The van der Waals surface area contributed by atoms with Crippen molar-refractivity contribution in [2.45, 2.75) is 56.6 Å². The zero-order chi connectivity index (χ0) is 17.6. The van der Waals surface area contributed by atoms with Gasteiger partial charge in [0, 0.05) is 11.5 Å². The van der Waals surface area contributed by atoms with Crippen molar-refractivity contribution in [3.63, 3.8) is 0 Å². The van der Waals surface area contributed by atoms with Gasteiger partial charge in [-0.05, 0) is 74.0 Å². The maximum Gasteiger partial charge on any atom is 0.120 e. The van der Waals surface area contributed by atoms with E-state index in [2.05, 4.69) is 60.5 Å². The fraction of sp³-hybridized carbons (Fsp3) is 0.500. The number of likely N-dealkylation sites (N-methyl/N-ethyl adjacent to an activating group) is 1. The van der Waals surface area contributed by atoms with Crippen LogP contribution in [0.2, 0.25) is 0 Å². The summed E-state index contributed by atoms with van der Waals surface area (Å²) in [5.74, 6) is 1.88. The Labute approximate surface area is 157 Å². The smallest absolute Gasteiger partial charge is 0.120 e. The number of benzene rings is 2. The summed E-state index contributed by atoms with van der Waals surface area (Å²) in [5, 5.41) is 0. The number of likely N-dealkylation sites (tertiary alicyclic amines) is 1. The van der Waals surface area contributed by atoms with Crippen molar-refractivity contribution in [1.82, 2.24) is 4.90 Å². The van der Waals surface area contributed by atoms with Crippen LogP contribution < -0.4 is 4.74 Å². The number of hydrogen-bond donors (Lipinski definition) is 0. The van der Waals surface area contributed by atoms with Gasteiger partial charge in [0.25, 0.3) is 0 Å². The van der Waals surface area contributed by atoms with E-state index in [1.165, 1.54) is 50.6 Å². The lowest BCUT2D eigenvalue weighted by atomic mass is 9.52. The summed E-state index contributed by atoms with van der Waals surface area (Å²) >= 11 is 0. The molecule has 26 heavy (non-hydrogen) atoms. The zero-order valence-electron chi connectivity index (χ0n) is 15.8. The van der Waals surface area contributed by atoms with Crippen LogP contribution >= 0.6 is 0 Å². The number of fused-ring (bicyclic) bond motifs is 1. The summed E-state index contributed by atoms with van der Waals surface area (Å²) in [6.45, 7) is 1.90. The van der Waals surface area contributed by atoms with Crippen molar-refractivity contribution < 1.29 is 4.74 Å². The van der Waals surface area contributed by atoms with Crippen LogP contribution in [0.3, 0.4) is 0 Å². The summed E-state index contributed by atoms with van der Waals surface area (Å²) in [5.41, 5.74) is 4.84. The van der Waals surface area contributed by atoms with E-state index in [9.17, 15) is 0 Å². The molecule has 0 radical (unpaired) electrons. The van der Waals surface area contributed by atoms with Crippen molar-refractivity contribution in [2.24, 2.45) is 5.92 Å². The van der Waals surface area contributed by atoms with Gasteiger partial charge in [-0.2, -0.15) is 0 Å². The maximum atomic E-state index is 6.18. The van der Waals surface area contributed by atoms with E-state index in [0.717, 1.165) is 17.7 Å². The Hall–Kier alpha value is -1.80. The average molecular weight is 348 g/mol. The van der Waals surface area contributed by atoms with Crippen molar-refractivity contribution in [3.8, 4) is 5.75 Å². The molecule has 0 aromatic heterocycles. The summed E-state index contributed by atoms with van der Waals surface area (Å²) < 4.78 is 6.18. The van der Waals surface area contributed by atoms with E-state index in [1.807, 2.05) is 0 Å². The molecular formula is C24H29NO. The molecule has 1 heterocycles. The first-order chi connectivity index (χ1) is 12.8. The molecule has 0 amide bonds. The van der Waals surface area contributed by atoms with Crippen molar-refractivity contribution in [3.05, 3.63) is 65.2 Å². The Balaban J connectivity index is 1.47. The van der Waals surface area contributed by atoms with Crippen LogP contribution in [0.25, 0.3) is 0 Å². The summed E-state index contributed by atoms with van der Waals surface area (Å²) in [6, 6.07) is 18.2. The fourth-order valence-electron chi connectivity index (χ4n) is 6.01. The highest BCUT2D eigenvalue weighted by atomic mass is 16.5. The van der Waals surface area contributed by atoms with Crippen LogP contribution in [-0.4, -0.2) is 24.5 Å². The van der Waals surface area contributed by atoms with Crippen LogP contribution in [0.4, 0.5) is 0 Å². The minimum absolute atomic E-state index is 0.412. The molecule has 3 atom stereocenters. The van der Waals surface area contributed by atoms with Gasteiger partial charge in [-0.3, -0.25) is 0 Å². The molecule has 2 nitrogen and oxygen atoms in total. The zero-order valence-corrected chi connectivity index (χ0v) is 15.8. The van der Waals surface area contributed by atoms with Crippen LogP contribution in [0.15, 0.2) is 48.5 Å². The van der Waals surface area contributed by atoms with Crippen molar-refractivity contribution >= 4 is 0 Å². The molecule has 1 unspecified atom stereocenters. The van der Waals surface area contributed by atoms with Gasteiger partial charge in [0.05, 0.1) is 0 Å². The number of piperidine rings is 1. The highest BCUT2D eigenvalue weighted by Gasteiger charge is 2.53. The van der Waals surface area contributed by atoms with Gasteiger partial charge in [-0.1, -0.05) is 49.2 Å². The second-order valence-corrected chi connectivity index (χ2v) is 8.60. The van der Waals surface area contributed by atoms with E-state index in [4.69, 9.17) is 4.74 Å². The third kappa shape index (κ3) is 2.58. The molecule has 2 aromatic carbocycles. The quantitative estimate of drug-likeness (QED) is 0.778. The van der Waals surface area contributed by atoms with Gasteiger partial charge in [-0.25, -0.2) is 0 Å². The number of rotatable bonds is 3. The normalized spacial score (nSPS) is 30.3. The molecule has 2 bridgehead atoms. The molecule has 136 valence electrons. The Bertz CT molecular complexity index is 786. The fourth-order valence-corrected chi connectivity index (χ4v) is 6.01. The lowest BCUT2D eigenvalue weighted by molar-refractivity contribution is 0.00270. The first-order valence-electron chi connectivity index (χ1n) is 10.3. The van der Waals surface area contributed by atoms with E-state index >= 15 is 0 Å². The topological polar surface area (TPSA) is 12.5 Å². The largest absolute Gasteiger partial charge is 0.489 e. The Morgan fingerprint density at radius 3 is 2.85 bits per heavy atom. The van der Waals surface area contributed by atoms with Crippen LogP contribution in [0.1, 0.15) is 48.8 Å². The monoisotopic (exact) mass is 347 g/mol. The van der Waals surface area contributed by atoms with Gasteiger partial charge in [0.1, 0.15) is 12.4 Å². The molecule has 2 aromatic rings. The highest BCUT2D eigenvalue weighted by Crippen LogP contribution is 2.55. The molecule has 1 saturated heterocycles. The SMILES string of the molecule is CN1CC[C@@]23CCCCC2[C@@H]1Cc1ccc(OCc2ccccc2)cc13. The first kappa shape index (κ1) is 16.4. The number of nitrogens with zero attached hydrogens (tertiary/aromatic N) is 1. The average Bonchev–Trinajstić information content (AvgIpc) is 2.70. The third-order valence-electron chi connectivity index (χ3n) is 7.33. The molecule has 5 rings (SSSR count). The number of hydrogen-bond acceptors (Lipinski definition) is 2. The molecular weight excluding hydrogens is 318 g/mol. The minimum Gasteiger partial charge on any atom is -0.489 e. The molecule has 2 aliphatic carbocycles. The molecule has 3 aliphatic rings. The summed E-state index contributed by atoms with van der Waals surface area (Å²) in [6.07, 6.45) is 8.12. The Kier molecular flexibility index (Phi) is 4.04. The Morgan fingerprint density at radius 1 is 1.08 bits per heavy atom. The van der Waals surface area contributed by atoms with Gasteiger partial charge < -0.3 is 9.64 Å². The number of ether oxygens (including phenoxy) is 1. The molecule has 2 heteroatoms. The summed E-state index contributed by atoms with van der Waals surface area (Å²) in [7, 11) is 2.34. The Morgan fingerprint density at radius 2 is 1.96 bits per heavy atom. The second kappa shape index (κ2) is 6.42. The second-order valence-electron chi connectivity index (χ2n) is 8.60. The first-order valence-corrected chi connectivity index (χ1v) is 10.3. The maximum absolute atomic E-state index is 6.18. The summed E-state index contributed by atoms with van der Waals surface area (Å²) in [4.78, 5) is 2.64. The molecule has 1 saturated carbocycles. The van der Waals surface area contributed by atoms with Gasteiger partial charge in [0.2, 0.25) is 0 Å². The van der Waals surface area contributed by atoms with Gasteiger partial charge >= 0.3 is 0 Å². The minimum atomic E-state index is 0.412. The molecule has 1 aliphatic heterocycles. The van der Waals surface area contributed by atoms with Crippen molar-refractivity contribution in [2.75, 3.05) is 13.6 Å². The standard InChI is InChI=1S/C24H29NO/c1-25-14-13-24-12-6-5-9-21(24)23(25)15-19-10-11-20(16-22(19)24)26-17-18-7-3-2-4-8-18/h2-4,7-8,10-11,16,21,23H,5-6,9,12-15,17H2,1H3/t21?,23-,24-/m0/s1. The molecule has 0 spiro atoms. The highest BCUT2D eigenvalue weighted by molar-refractivity contribution is 5.45. The van der Waals surface area contributed by atoms with E-state index in [0.29, 0.717) is 12.0 Å². The lowest BCUT2D eigenvalue weighted by Crippen LogP contribution is -2.59. The lowest BCUT2D eigenvalue weighted by Gasteiger charge is -2.58. The van der Waals surface area contributed by atoms with Gasteiger partial charge in [0.15, 0.2) is 0 Å². The van der Waals surface area contributed by atoms with E-state index in [-0.39, 0.29) is 0 Å². The van der Waals surface area contributed by atoms with Gasteiger partial charge in [-0.15, -0.1) is 0 Å². The van der Waals surface area contributed by atoms with Crippen LogP contribution in [0, 0.1) is 5.92 Å². The third-order valence-corrected chi connectivity index (χ3v) is 7.33. The molecule has 2 fully saturated rings.